The predicted octanol–water partition coefficient (Wildman–Crippen LogP) is 9.00. The summed E-state index contributed by atoms with van der Waals surface area (Å²) in [6.07, 6.45) is 27.3. The number of carbonyl (C=O) groups excluding carboxylic acids is 2. The molecule has 0 radical (unpaired) electrons. The maximum absolute atomic E-state index is 12.3. The molecule has 0 aromatic carbocycles. The van der Waals surface area contributed by atoms with E-state index in [-0.39, 0.29) is 18.6 Å². The van der Waals surface area contributed by atoms with Gasteiger partial charge in [0.2, 0.25) is 0 Å². The monoisotopic (exact) mass is 540 g/mol. The number of aliphatic hydroxyl groups is 2. The SMILES string of the molecule is CCCCCCCCCCCCCCCC(=O)C(O)[C@H](CO)OC(=O)CCCCCCCCCCCCC. The maximum atomic E-state index is 12.3. The topological polar surface area (TPSA) is 83.8 Å². The normalized spacial score (nSPS) is 12.9. The summed E-state index contributed by atoms with van der Waals surface area (Å²) in [5.41, 5.74) is 0. The first-order chi connectivity index (χ1) is 18.6. The van der Waals surface area contributed by atoms with E-state index in [0.717, 1.165) is 38.5 Å². The quantitative estimate of drug-likeness (QED) is 0.0701. The zero-order chi connectivity index (χ0) is 28.1. The van der Waals surface area contributed by atoms with Gasteiger partial charge in [0.25, 0.3) is 0 Å². The molecule has 0 rings (SSSR count). The van der Waals surface area contributed by atoms with Gasteiger partial charge in [-0.15, -0.1) is 0 Å². The van der Waals surface area contributed by atoms with Crippen molar-refractivity contribution in [3.05, 3.63) is 0 Å². The van der Waals surface area contributed by atoms with E-state index in [0.29, 0.717) is 0 Å². The van der Waals surface area contributed by atoms with Crippen molar-refractivity contribution >= 4 is 11.8 Å². The number of unbranched alkanes of at least 4 members (excludes halogenated alkanes) is 22. The molecule has 0 amide bonds. The van der Waals surface area contributed by atoms with Gasteiger partial charge in [0, 0.05) is 12.8 Å². The van der Waals surface area contributed by atoms with Gasteiger partial charge in [0.05, 0.1) is 6.61 Å². The van der Waals surface area contributed by atoms with E-state index < -0.39 is 24.8 Å². The molecule has 5 nitrogen and oxygen atoms in total. The summed E-state index contributed by atoms with van der Waals surface area (Å²) in [5.74, 6) is -0.776. The lowest BCUT2D eigenvalue weighted by atomic mass is 10.0. The van der Waals surface area contributed by atoms with Crippen molar-refractivity contribution < 1.29 is 24.5 Å². The van der Waals surface area contributed by atoms with E-state index in [1.54, 1.807) is 0 Å². The van der Waals surface area contributed by atoms with Gasteiger partial charge >= 0.3 is 5.97 Å². The molecule has 5 heteroatoms. The lowest BCUT2D eigenvalue weighted by molar-refractivity contribution is -0.161. The van der Waals surface area contributed by atoms with E-state index >= 15 is 0 Å². The molecule has 0 aromatic heterocycles. The average molecular weight is 541 g/mol. The van der Waals surface area contributed by atoms with Gasteiger partial charge in [-0.25, -0.2) is 0 Å². The van der Waals surface area contributed by atoms with Crippen molar-refractivity contribution in [2.45, 2.75) is 193 Å². The Kier molecular flexibility index (Phi) is 28.3. The van der Waals surface area contributed by atoms with Crippen molar-refractivity contribution in [2.24, 2.45) is 0 Å². The summed E-state index contributed by atoms with van der Waals surface area (Å²) >= 11 is 0. The van der Waals surface area contributed by atoms with Crippen LogP contribution in [0.25, 0.3) is 0 Å². The van der Waals surface area contributed by atoms with Crippen molar-refractivity contribution in [1.82, 2.24) is 0 Å². The zero-order valence-electron chi connectivity index (χ0n) is 25.4. The lowest BCUT2D eigenvalue weighted by Crippen LogP contribution is -2.40. The summed E-state index contributed by atoms with van der Waals surface area (Å²) in [5, 5.41) is 19.8. The third-order valence-corrected chi connectivity index (χ3v) is 7.66. The number of hydrogen-bond donors (Lipinski definition) is 2. The standard InChI is InChI=1S/C33H64O5/c1-3-5-7-9-11-13-15-16-18-19-21-23-25-27-30(35)33(37)31(29-34)38-32(36)28-26-24-22-20-17-14-12-10-8-6-4-2/h31,33-34,37H,3-29H2,1-2H3/t31-,33?/m0/s1. The Hall–Kier alpha value is -0.940. The van der Waals surface area contributed by atoms with Crippen LogP contribution in [-0.4, -0.2) is 40.8 Å². The Labute approximate surface area is 235 Å². The number of ketones is 1. The number of Topliss-reactive ketones (excluding diaryl/α,β-unsaturated/α-hetero) is 1. The largest absolute Gasteiger partial charge is 0.457 e. The van der Waals surface area contributed by atoms with Crippen LogP contribution in [0.5, 0.6) is 0 Å². The summed E-state index contributed by atoms with van der Waals surface area (Å²) in [6.45, 7) is 3.96. The molecule has 0 saturated carbocycles. The van der Waals surface area contributed by atoms with Crippen molar-refractivity contribution in [1.29, 1.82) is 0 Å². The average Bonchev–Trinajstić information content (AvgIpc) is 2.92. The summed E-state index contributed by atoms with van der Waals surface area (Å²) < 4.78 is 5.23. The fraction of sp³-hybridized carbons (Fsp3) is 0.939. The Morgan fingerprint density at radius 1 is 0.526 bits per heavy atom. The van der Waals surface area contributed by atoms with Gasteiger partial charge in [-0.05, 0) is 12.8 Å². The molecule has 0 fully saturated rings. The zero-order valence-corrected chi connectivity index (χ0v) is 25.4. The van der Waals surface area contributed by atoms with Crippen molar-refractivity contribution in [3.8, 4) is 0 Å². The Morgan fingerprint density at radius 2 is 0.842 bits per heavy atom. The third kappa shape index (κ3) is 24.1. The smallest absolute Gasteiger partial charge is 0.306 e. The summed E-state index contributed by atoms with van der Waals surface area (Å²) in [6, 6.07) is 0. The molecule has 0 bridgehead atoms. The van der Waals surface area contributed by atoms with E-state index in [9.17, 15) is 19.8 Å². The van der Waals surface area contributed by atoms with E-state index in [1.807, 2.05) is 0 Å². The molecule has 0 saturated heterocycles. The van der Waals surface area contributed by atoms with Gasteiger partial charge in [0.15, 0.2) is 18.0 Å². The molecule has 2 atom stereocenters. The van der Waals surface area contributed by atoms with Crippen LogP contribution >= 0.6 is 0 Å². The van der Waals surface area contributed by atoms with Crippen LogP contribution in [0.2, 0.25) is 0 Å². The molecular formula is C33H64O5. The Bertz CT molecular complexity index is 522. The second-order valence-electron chi connectivity index (χ2n) is 11.4. The number of ether oxygens (including phenoxy) is 1. The highest BCUT2D eigenvalue weighted by atomic mass is 16.6. The molecule has 1 unspecified atom stereocenters. The van der Waals surface area contributed by atoms with Gasteiger partial charge in [-0.1, -0.05) is 155 Å². The molecule has 0 aromatic rings. The van der Waals surface area contributed by atoms with Crippen LogP contribution in [0.1, 0.15) is 181 Å². The minimum Gasteiger partial charge on any atom is -0.457 e. The Morgan fingerprint density at radius 3 is 1.18 bits per heavy atom. The third-order valence-electron chi connectivity index (χ3n) is 7.66. The lowest BCUT2D eigenvalue weighted by Gasteiger charge is -2.20. The minimum absolute atomic E-state index is 0.269. The van der Waals surface area contributed by atoms with Crippen molar-refractivity contribution in [3.63, 3.8) is 0 Å². The van der Waals surface area contributed by atoms with E-state index in [2.05, 4.69) is 13.8 Å². The molecule has 2 N–H and O–H groups in total. The molecule has 226 valence electrons. The number of carbonyl (C=O) groups is 2. The summed E-state index contributed by atoms with van der Waals surface area (Å²) in [4.78, 5) is 24.5. The highest BCUT2D eigenvalue weighted by Crippen LogP contribution is 2.15. The van der Waals surface area contributed by atoms with Gasteiger partial charge in [0.1, 0.15) is 0 Å². The van der Waals surface area contributed by atoms with Crippen LogP contribution < -0.4 is 0 Å². The van der Waals surface area contributed by atoms with E-state index in [1.165, 1.54) is 116 Å². The Balaban J connectivity index is 3.71. The van der Waals surface area contributed by atoms with Crippen molar-refractivity contribution in [2.75, 3.05) is 6.61 Å². The van der Waals surface area contributed by atoms with Crippen LogP contribution in [0.15, 0.2) is 0 Å². The van der Waals surface area contributed by atoms with Crippen LogP contribution in [0, 0.1) is 0 Å². The first-order valence-corrected chi connectivity index (χ1v) is 16.6. The molecule has 0 spiro atoms. The van der Waals surface area contributed by atoms with Gasteiger partial charge in [-0.3, -0.25) is 9.59 Å². The van der Waals surface area contributed by atoms with Gasteiger partial charge < -0.3 is 14.9 Å². The molecule has 38 heavy (non-hydrogen) atoms. The van der Waals surface area contributed by atoms with E-state index in [4.69, 9.17) is 4.74 Å². The van der Waals surface area contributed by atoms with Gasteiger partial charge in [-0.2, -0.15) is 0 Å². The minimum atomic E-state index is -1.43. The number of esters is 1. The first-order valence-electron chi connectivity index (χ1n) is 16.6. The molecule has 0 aliphatic carbocycles. The predicted molar refractivity (Wildman–Crippen MR) is 159 cm³/mol. The highest BCUT2D eigenvalue weighted by Gasteiger charge is 2.28. The second kappa shape index (κ2) is 29.1. The maximum Gasteiger partial charge on any atom is 0.306 e. The molecule has 0 heterocycles. The highest BCUT2D eigenvalue weighted by molar-refractivity contribution is 5.83. The number of hydrogen-bond acceptors (Lipinski definition) is 5. The van der Waals surface area contributed by atoms with Crippen LogP contribution in [0.4, 0.5) is 0 Å². The molecular weight excluding hydrogens is 476 g/mol. The fourth-order valence-corrected chi connectivity index (χ4v) is 5.04. The number of rotatable bonds is 30. The first kappa shape index (κ1) is 37.1. The molecule has 0 aliphatic rings. The number of aliphatic hydroxyl groups excluding tert-OH is 2. The second-order valence-corrected chi connectivity index (χ2v) is 11.4. The van der Waals surface area contributed by atoms with Crippen LogP contribution in [0.3, 0.4) is 0 Å². The fourth-order valence-electron chi connectivity index (χ4n) is 5.04. The van der Waals surface area contributed by atoms with Crippen LogP contribution in [-0.2, 0) is 14.3 Å². The molecule has 0 aliphatic heterocycles. The summed E-state index contributed by atoms with van der Waals surface area (Å²) in [7, 11) is 0.